The summed E-state index contributed by atoms with van der Waals surface area (Å²) in [4.78, 5) is 16.0. The topological polar surface area (TPSA) is 38.7 Å². The number of fused-ring (bicyclic) bond motifs is 1. The van der Waals surface area contributed by atoms with Crippen molar-refractivity contribution in [3.63, 3.8) is 0 Å². The number of cyclic esters (lactones) is 1. The zero-order valence-electron chi connectivity index (χ0n) is 14.3. The van der Waals surface area contributed by atoms with E-state index in [2.05, 4.69) is 4.99 Å². The van der Waals surface area contributed by atoms with Crippen LogP contribution in [0.4, 0.5) is 36.4 Å². The van der Waals surface area contributed by atoms with Crippen LogP contribution in [0.1, 0.15) is 27.0 Å². The molecule has 0 aromatic heterocycles. The number of rotatable bonds is 2. The summed E-state index contributed by atoms with van der Waals surface area (Å²) in [5.74, 6) is -0.840. The second kappa shape index (κ2) is 6.96. The predicted octanol–water partition coefficient (Wildman–Crippen LogP) is 6.14. The lowest BCUT2D eigenvalue weighted by atomic mass is 9.92. The normalized spacial score (nSPS) is 16.2. The molecule has 0 saturated carbocycles. The highest BCUT2D eigenvalue weighted by molar-refractivity contribution is 14.1. The molecule has 3 rings (SSSR count). The van der Waals surface area contributed by atoms with Crippen LogP contribution in [0.25, 0.3) is 0 Å². The number of alkyl halides is 7. The minimum absolute atomic E-state index is 0.0741. The van der Waals surface area contributed by atoms with Crippen LogP contribution in [-0.2, 0) is 10.4 Å². The van der Waals surface area contributed by atoms with E-state index >= 15 is 0 Å². The lowest BCUT2D eigenvalue weighted by molar-refractivity contribution is -0.348. The Morgan fingerprint density at radius 1 is 0.966 bits per heavy atom. The summed E-state index contributed by atoms with van der Waals surface area (Å²) in [5.41, 5.74) is -6.80. The number of ether oxygens (including phenoxy) is 1. The van der Waals surface area contributed by atoms with Crippen molar-refractivity contribution < 1.29 is 40.3 Å². The van der Waals surface area contributed by atoms with Gasteiger partial charge in [0.25, 0.3) is 0 Å². The van der Waals surface area contributed by atoms with E-state index in [-0.39, 0.29) is 22.7 Å². The fraction of sp³-hybridized carbons (Fsp3) is 0.222. The molecule has 0 bridgehead atoms. The van der Waals surface area contributed by atoms with E-state index < -0.39 is 29.6 Å². The number of carbonyl (C=O) groups is 1. The van der Waals surface area contributed by atoms with Crippen molar-refractivity contribution in [3.05, 3.63) is 62.2 Å². The third kappa shape index (κ3) is 3.49. The maximum Gasteiger partial charge on any atom is 0.435 e. The predicted molar refractivity (Wildman–Crippen MR) is 96.8 cm³/mol. The first-order valence-corrected chi connectivity index (χ1v) is 8.88. The average molecular weight is 531 g/mol. The molecule has 3 nitrogen and oxygen atoms in total. The molecule has 0 amide bonds. The van der Waals surface area contributed by atoms with Gasteiger partial charge in [-0.1, -0.05) is 18.2 Å². The number of aliphatic imine (C=N–C) groups is 1. The van der Waals surface area contributed by atoms with Crippen LogP contribution in [-0.4, -0.2) is 24.2 Å². The standard InChI is InChI=1S/C18H9F7INO2/c1-8-7-9(16(19,17(20,21)22)18(23,24)25)5-6-12(8)27-14-10-3-2-4-11(26)13(10)15(28)29-14/h2-7H,1H3/b27-14-. The molecule has 0 N–H and O–H groups in total. The van der Waals surface area contributed by atoms with E-state index in [0.717, 1.165) is 6.07 Å². The second-order valence-corrected chi connectivity index (χ2v) is 7.29. The Kier molecular flexibility index (Phi) is 5.16. The highest BCUT2D eigenvalue weighted by Crippen LogP contribution is 2.53. The lowest BCUT2D eigenvalue weighted by Gasteiger charge is -2.30. The number of esters is 1. The third-order valence-corrected chi connectivity index (χ3v) is 5.13. The van der Waals surface area contributed by atoms with Crippen LogP contribution in [0.15, 0.2) is 41.4 Å². The molecule has 0 radical (unpaired) electrons. The number of aryl methyl sites for hydroxylation is 1. The first kappa shape index (κ1) is 21.5. The van der Waals surface area contributed by atoms with Gasteiger partial charge in [-0.3, -0.25) is 0 Å². The Morgan fingerprint density at radius 2 is 1.59 bits per heavy atom. The monoisotopic (exact) mass is 531 g/mol. The van der Waals surface area contributed by atoms with Crippen molar-refractivity contribution in [2.24, 2.45) is 4.99 Å². The number of nitrogens with zero attached hydrogens (tertiary/aromatic N) is 1. The van der Waals surface area contributed by atoms with Gasteiger partial charge in [-0.05, 0) is 53.3 Å². The first-order valence-electron chi connectivity index (χ1n) is 7.80. The Bertz CT molecular complexity index is 1010. The summed E-state index contributed by atoms with van der Waals surface area (Å²) >= 11 is 1.91. The molecule has 0 spiro atoms. The van der Waals surface area contributed by atoms with Gasteiger partial charge in [-0.2, -0.15) is 26.3 Å². The average Bonchev–Trinajstić information content (AvgIpc) is 2.91. The maximum atomic E-state index is 14.2. The third-order valence-electron chi connectivity index (χ3n) is 4.24. The van der Waals surface area contributed by atoms with Gasteiger partial charge < -0.3 is 4.74 Å². The van der Waals surface area contributed by atoms with Crippen molar-refractivity contribution in [3.8, 4) is 0 Å². The molecular formula is C18H9F7INO2. The van der Waals surface area contributed by atoms with E-state index in [1.165, 1.54) is 13.0 Å². The van der Waals surface area contributed by atoms with Gasteiger partial charge in [-0.15, -0.1) is 0 Å². The van der Waals surface area contributed by atoms with Crippen LogP contribution in [0, 0.1) is 10.5 Å². The van der Waals surface area contributed by atoms with Crippen LogP contribution in [0.3, 0.4) is 0 Å². The number of hydrogen-bond donors (Lipinski definition) is 0. The van der Waals surface area contributed by atoms with Gasteiger partial charge >= 0.3 is 24.0 Å². The molecule has 154 valence electrons. The Balaban J connectivity index is 2.08. The van der Waals surface area contributed by atoms with Crippen molar-refractivity contribution in [1.29, 1.82) is 0 Å². The van der Waals surface area contributed by atoms with E-state index in [1.807, 2.05) is 22.6 Å². The molecule has 29 heavy (non-hydrogen) atoms. The summed E-state index contributed by atoms with van der Waals surface area (Å²) in [6.07, 6.45) is -12.4. The zero-order valence-corrected chi connectivity index (χ0v) is 16.4. The second-order valence-electron chi connectivity index (χ2n) is 6.12. The van der Waals surface area contributed by atoms with Gasteiger partial charge in [-0.25, -0.2) is 14.2 Å². The molecule has 0 aliphatic carbocycles. The van der Waals surface area contributed by atoms with Crippen LogP contribution in [0.5, 0.6) is 0 Å². The van der Waals surface area contributed by atoms with Crippen molar-refractivity contribution >= 4 is 40.1 Å². The fourth-order valence-electron chi connectivity index (χ4n) is 2.78. The Morgan fingerprint density at radius 3 is 2.14 bits per heavy atom. The molecule has 0 atom stereocenters. The zero-order chi connectivity index (χ0) is 21.8. The van der Waals surface area contributed by atoms with Gasteiger partial charge in [0.1, 0.15) is 0 Å². The Labute approximate surface area is 172 Å². The van der Waals surface area contributed by atoms with Gasteiger partial charge in [0.15, 0.2) is 0 Å². The molecule has 0 saturated heterocycles. The summed E-state index contributed by atoms with van der Waals surface area (Å²) in [7, 11) is 0. The first-order chi connectivity index (χ1) is 13.3. The highest BCUT2D eigenvalue weighted by Gasteiger charge is 2.73. The molecule has 0 fully saturated rings. The molecule has 1 aliphatic rings. The molecule has 2 aromatic rings. The van der Waals surface area contributed by atoms with Crippen molar-refractivity contribution in [1.82, 2.24) is 0 Å². The van der Waals surface area contributed by atoms with Crippen LogP contribution >= 0.6 is 22.6 Å². The summed E-state index contributed by atoms with van der Waals surface area (Å²) in [5, 5.41) is 0. The summed E-state index contributed by atoms with van der Waals surface area (Å²) in [6.45, 7) is 1.17. The van der Waals surface area contributed by atoms with E-state index in [4.69, 9.17) is 4.74 Å². The molecular weight excluding hydrogens is 522 g/mol. The SMILES string of the molecule is Cc1cc(C(F)(C(F)(F)F)C(F)(F)F)ccc1/N=C1\OC(=O)c2c(I)cccc21. The quantitative estimate of drug-likeness (QED) is 0.266. The van der Waals surface area contributed by atoms with Crippen LogP contribution < -0.4 is 0 Å². The smallest absolute Gasteiger partial charge is 0.403 e. The van der Waals surface area contributed by atoms with Crippen molar-refractivity contribution in [2.45, 2.75) is 24.9 Å². The molecule has 0 unspecified atom stereocenters. The number of benzene rings is 2. The minimum atomic E-state index is -6.21. The van der Waals surface area contributed by atoms with Gasteiger partial charge in [0.05, 0.1) is 16.8 Å². The minimum Gasteiger partial charge on any atom is -0.403 e. The van der Waals surface area contributed by atoms with Crippen LogP contribution in [0.2, 0.25) is 0 Å². The lowest BCUT2D eigenvalue weighted by Crippen LogP contribution is -2.50. The highest BCUT2D eigenvalue weighted by atomic mass is 127. The summed E-state index contributed by atoms with van der Waals surface area (Å²) in [6, 6.07) is 6.40. The fourth-order valence-corrected chi connectivity index (χ4v) is 3.50. The molecule has 1 heterocycles. The van der Waals surface area contributed by atoms with E-state index in [0.29, 0.717) is 21.3 Å². The molecule has 1 aliphatic heterocycles. The maximum absolute atomic E-state index is 14.2. The Hall–Kier alpha value is -2.18. The molecule has 2 aromatic carbocycles. The summed E-state index contributed by atoms with van der Waals surface area (Å²) < 4.78 is 97.3. The van der Waals surface area contributed by atoms with Gasteiger partial charge in [0.2, 0.25) is 5.90 Å². The largest absolute Gasteiger partial charge is 0.435 e. The van der Waals surface area contributed by atoms with Gasteiger partial charge in [0, 0.05) is 9.13 Å². The number of halogens is 8. The van der Waals surface area contributed by atoms with E-state index in [9.17, 15) is 35.5 Å². The van der Waals surface area contributed by atoms with E-state index in [1.54, 1.807) is 12.1 Å². The molecule has 11 heteroatoms. The van der Waals surface area contributed by atoms with Crippen molar-refractivity contribution in [2.75, 3.05) is 0 Å². The number of hydrogen-bond acceptors (Lipinski definition) is 3. The number of carbonyl (C=O) groups excluding carboxylic acids is 1.